The topological polar surface area (TPSA) is 113 Å². The third kappa shape index (κ3) is 4.55. The number of carbonyl (C=O) groups is 3. The number of ether oxygens (including phenoxy) is 2. The van der Waals surface area contributed by atoms with Crippen molar-refractivity contribution in [3.63, 3.8) is 0 Å². The van der Waals surface area contributed by atoms with Gasteiger partial charge in [0.25, 0.3) is 11.7 Å². The monoisotopic (exact) mass is 459 g/mol. The fourth-order valence-electron chi connectivity index (χ4n) is 3.64. The number of rotatable bonds is 8. The largest absolute Gasteiger partial charge is 0.507 e. The number of aliphatic carboxylic acids is 1. The summed E-state index contributed by atoms with van der Waals surface area (Å²) in [7, 11) is 2.93. The summed E-state index contributed by atoms with van der Waals surface area (Å²) in [5, 5.41) is 20.4. The SMILES string of the molecule is COc1ccc([C@@H]2/C(=C(\O)c3ccc(Cl)cc3)C(=O)C(=O)N2CCCC(=O)O)c(OC)c1. The van der Waals surface area contributed by atoms with Gasteiger partial charge in [-0.1, -0.05) is 11.6 Å². The Morgan fingerprint density at radius 1 is 1.06 bits per heavy atom. The second kappa shape index (κ2) is 9.74. The lowest BCUT2D eigenvalue weighted by Crippen LogP contribution is -2.31. The standard InChI is InChI=1S/C23H22ClNO7/c1-31-15-9-10-16(17(12-15)32-2)20-19(21(28)13-5-7-14(24)8-6-13)22(29)23(30)25(20)11-3-4-18(26)27/h5-10,12,20,28H,3-4,11H2,1-2H3,(H,26,27)/b21-19+/t20-/m1/s1. The van der Waals surface area contributed by atoms with E-state index >= 15 is 0 Å². The van der Waals surface area contributed by atoms with Crippen LogP contribution in [0.1, 0.15) is 30.0 Å². The third-order valence-electron chi connectivity index (χ3n) is 5.18. The zero-order valence-corrected chi connectivity index (χ0v) is 18.3. The van der Waals surface area contributed by atoms with E-state index in [1.807, 2.05) is 0 Å². The van der Waals surface area contributed by atoms with E-state index in [-0.39, 0.29) is 30.7 Å². The number of aliphatic hydroxyl groups is 1. The fraction of sp³-hybridized carbons (Fsp3) is 0.261. The lowest BCUT2D eigenvalue weighted by atomic mass is 9.94. The lowest BCUT2D eigenvalue weighted by molar-refractivity contribution is -0.140. The zero-order valence-electron chi connectivity index (χ0n) is 17.5. The second-order valence-electron chi connectivity index (χ2n) is 7.10. The molecule has 1 aliphatic rings. The molecule has 1 saturated heterocycles. The quantitative estimate of drug-likeness (QED) is 0.352. The number of carboxylic acids is 1. The minimum atomic E-state index is -1.01. The summed E-state index contributed by atoms with van der Waals surface area (Å²) in [6.07, 6.45) is -0.0367. The Labute approximate surface area is 189 Å². The molecule has 0 unspecified atom stereocenters. The van der Waals surface area contributed by atoms with Gasteiger partial charge in [-0.2, -0.15) is 0 Å². The van der Waals surface area contributed by atoms with Crippen LogP contribution >= 0.6 is 11.6 Å². The van der Waals surface area contributed by atoms with Crippen LogP contribution in [0, 0.1) is 0 Å². The van der Waals surface area contributed by atoms with Crippen molar-refractivity contribution in [2.45, 2.75) is 18.9 Å². The van der Waals surface area contributed by atoms with Crippen LogP contribution in [0.25, 0.3) is 5.76 Å². The molecular weight excluding hydrogens is 438 g/mol. The van der Waals surface area contributed by atoms with E-state index in [2.05, 4.69) is 0 Å². The van der Waals surface area contributed by atoms with Crippen LogP contribution in [-0.2, 0) is 14.4 Å². The second-order valence-corrected chi connectivity index (χ2v) is 7.54. The van der Waals surface area contributed by atoms with Gasteiger partial charge in [-0.15, -0.1) is 0 Å². The first-order chi connectivity index (χ1) is 15.3. The normalized spacial score (nSPS) is 17.5. The number of ketones is 1. The van der Waals surface area contributed by atoms with Gasteiger partial charge < -0.3 is 24.6 Å². The van der Waals surface area contributed by atoms with Gasteiger partial charge in [-0.25, -0.2) is 0 Å². The van der Waals surface area contributed by atoms with Gasteiger partial charge in [0, 0.05) is 35.2 Å². The van der Waals surface area contributed by atoms with Crippen molar-refractivity contribution in [3.05, 3.63) is 64.2 Å². The maximum atomic E-state index is 13.0. The number of benzene rings is 2. The highest BCUT2D eigenvalue weighted by molar-refractivity contribution is 6.46. The van der Waals surface area contributed by atoms with Gasteiger partial charge in [0.2, 0.25) is 0 Å². The van der Waals surface area contributed by atoms with Crippen molar-refractivity contribution in [3.8, 4) is 11.5 Å². The number of carboxylic acid groups (broad SMARTS) is 1. The molecule has 1 heterocycles. The molecule has 168 valence electrons. The first kappa shape index (κ1) is 23.1. The Hall–Kier alpha value is -3.52. The van der Waals surface area contributed by atoms with Crippen LogP contribution < -0.4 is 9.47 Å². The summed E-state index contributed by atoms with van der Waals surface area (Å²) < 4.78 is 10.7. The summed E-state index contributed by atoms with van der Waals surface area (Å²) in [4.78, 5) is 38.1. The van der Waals surface area contributed by atoms with E-state index in [1.54, 1.807) is 30.3 Å². The Morgan fingerprint density at radius 2 is 1.75 bits per heavy atom. The number of hydrogen-bond acceptors (Lipinski definition) is 6. The van der Waals surface area contributed by atoms with Crippen LogP contribution in [0.2, 0.25) is 5.02 Å². The van der Waals surface area contributed by atoms with Gasteiger partial charge in [-0.05, 0) is 42.8 Å². The number of carbonyl (C=O) groups excluding carboxylic acids is 2. The average Bonchev–Trinajstić information content (AvgIpc) is 3.03. The van der Waals surface area contributed by atoms with E-state index in [0.717, 1.165) is 0 Å². The number of aliphatic hydroxyl groups excluding tert-OH is 1. The summed E-state index contributed by atoms with van der Waals surface area (Å²) in [5.41, 5.74) is 0.657. The average molecular weight is 460 g/mol. The van der Waals surface area contributed by atoms with Crippen LogP contribution in [0.4, 0.5) is 0 Å². The van der Waals surface area contributed by atoms with Crippen molar-refractivity contribution < 1.29 is 34.1 Å². The molecule has 1 fully saturated rings. The summed E-state index contributed by atoms with van der Waals surface area (Å²) >= 11 is 5.92. The van der Waals surface area contributed by atoms with Crippen molar-refractivity contribution >= 4 is 35.0 Å². The van der Waals surface area contributed by atoms with E-state index in [0.29, 0.717) is 27.6 Å². The van der Waals surface area contributed by atoms with Gasteiger partial charge in [0.1, 0.15) is 17.3 Å². The predicted molar refractivity (Wildman–Crippen MR) is 117 cm³/mol. The van der Waals surface area contributed by atoms with Gasteiger partial charge in [0.05, 0.1) is 25.8 Å². The van der Waals surface area contributed by atoms with Crippen molar-refractivity contribution in [2.24, 2.45) is 0 Å². The molecule has 0 aromatic heterocycles. The maximum absolute atomic E-state index is 13.0. The molecule has 1 amide bonds. The van der Waals surface area contributed by atoms with E-state index in [9.17, 15) is 19.5 Å². The number of halogens is 1. The molecule has 2 N–H and O–H groups in total. The zero-order chi connectivity index (χ0) is 23.4. The maximum Gasteiger partial charge on any atom is 0.303 e. The summed E-state index contributed by atoms with van der Waals surface area (Å²) in [5.74, 6) is -2.21. The van der Waals surface area contributed by atoms with E-state index in [4.69, 9.17) is 26.2 Å². The smallest absolute Gasteiger partial charge is 0.303 e. The minimum absolute atomic E-state index is 0.00806. The molecule has 0 saturated carbocycles. The Morgan fingerprint density at radius 3 is 2.34 bits per heavy atom. The first-order valence-corrected chi connectivity index (χ1v) is 10.1. The first-order valence-electron chi connectivity index (χ1n) is 9.76. The van der Waals surface area contributed by atoms with Crippen LogP contribution in [-0.4, -0.2) is 53.5 Å². The van der Waals surface area contributed by atoms with E-state index in [1.165, 1.54) is 31.3 Å². The van der Waals surface area contributed by atoms with Gasteiger partial charge >= 0.3 is 5.97 Å². The molecule has 32 heavy (non-hydrogen) atoms. The molecule has 1 aliphatic heterocycles. The lowest BCUT2D eigenvalue weighted by Gasteiger charge is -2.26. The van der Waals surface area contributed by atoms with Crippen LogP contribution in [0.3, 0.4) is 0 Å². The Bertz CT molecular complexity index is 1080. The highest BCUT2D eigenvalue weighted by atomic mass is 35.5. The Balaban J connectivity index is 2.17. The van der Waals surface area contributed by atoms with Crippen molar-refractivity contribution in [1.82, 2.24) is 4.90 Å². The van der Waals surface area contributed by atoms with Gasteiger partial charge in [0.15, 0.2) is 0 Å². The van der Waals surface area contributed by atoms with Crippen molar-refractivity contribution in [2.75, 3.05) is 20.8 Å². The highest BCUT2D eigenvalue weighted by Gasteiger charge is 2.46. The van der Waals surface area contributed by atoms with Crippen LogP contribution in [0.5, 0.6) is 11.5 Å². The molecule has 1 atom stereocenters. The molecule has 0 bridgehead atoms. The molecule has 0 spiro atoms. The number of hydrogen-bond donors (Lipinski definition) is 2. The Kier molecular flexibility index (Phi) is 7.05. The molecular formula is C23H22ClNO7. The number of nitrogens with zero attached hydrogens (tertiary/aromatic N) is 1. The fourth-order valence-corrected chi connectivity index (χ4v) is 3.77. The minimum Gasteiger partial charge on any atom is -0.507 e. The molecule has 3 rings (SSSR count). The summed E-state index contributed by atoms with van der Waals surface area (Å²) in [6.45, 7) is 0.00806. The van der Waals surface area contributed by atoms with Crippen molar-refractivity contribution in [1.29, 1.82) is 0 Å². The molecule has 8 nitrogen and oxygen atoms in total. The number of Topliss-reactive ketones (excluding diaryl/α,β-unsaturated/α-hetero) is 1. The molecule has 0 radical (unpaired) electrons. The van der Waals surface area contributed by atoms with Gasteiger partial charge in [-0.3, -0.25) is 14.4 Å². The number of likely N-dealkylation sites (tertiary alicyclic amines) is 1. The van der Waals surface area contributed by atoms with E-state index < -0.39 is 23.7 Å². The number of methoxy groups -OCH3 is 2. The molecule has 2 aromatic rings. The van der Waals surface area contributed by atoms with Crippen LogP contribution in [0.15, 0.2) is 48.0 Å². The molecule has 0 aliphatic carbocycles. The highest BCUT2D eigenvalue weighted by Crippen LogP contribution is 2.43. The summed E-state index contributed by atoms with van der Waals surface area (Å²) in [6, 6.07) is 10.1. The molecule has 2 aromatic carbocycles. The molecule has 9 heteroatoms. The number of amides is 1. The predicted octanol–water partition coefficient (Wildman–Crippen LogP) is 3.64. The third-order valence-corrected chi connectivity index (χ3v) is 5.43.